The van der Waals surface area contributed by atoms with E-state index in [4.69, 9.17) is 4.52 Å². The molecule has 2 aromatic rings. The van der Waals surface area contributed by atoms with E-state index in [1.807, 2.05) is 19.9 Å². The highest BCUT2D eigenvalue weighted by molar-refractivity contribution is 7.91. The summed E-state index contributed by atoms with van der Waals surface area (Å²) in [5.74, 6) is 0.495. The number of sulfonamides is 1. The number of nitrogens with one attached hydrogen (secondary N) is 2. The van der Waals surface area contributed by atoms with Crippen LogP contribution in [0.25, 0.3) is 0 Å². The van der Waals surface area contributed by atoms with Crippen LogP contribution in [-0.2, 0) is 23.1 Å². The third kappa shape index (κ3) is 4.63. The number of aryl methyl sites for hydroxylation is 1. The molecule has 0 aliphatic heterocycles. The lowest BCUT2D eigenvalue weighted by atomic mass is 10.4. The van der Waals surface area contributed by atoms with Crippen molar-refractivity contribution >= 4 is 21.4 Å². The summed E-state index contributed by atoms with van der Waals surface area (Å²) in [5.41, 5.74) is 0.724. The van der Waals surface area contributed by atoms with Crippen LogP contribution in [-0.4, -0.2) is 19.6 Å². The quantitative estimate of drug-likeness (QED) is 0.812. The zero-order valence-electron chi connectivity index (χ0n) is 12.2. The van der Waals surface area contributed by atoms with Crippen molar-refractivity contribution in [3.05, 3.63) is 34.5 Å². The summed E-state index contributed by atoms with van der Waals surface area (Å²) in [4.78, 5) is 0.986. The molecule has 0 unspecified atom stereocenters. The molecule has 0 aliphatic rings. The van der Waals surface area contributed by atoms with Gasteiger partial charge in [0.15, 0.2) is 5.76 Å². The molecule has 6 nitrogen and oxygen atoms in total. The predicted molar refractivity (Wildman–Crippen MR) is 81.6 cm³/mol. The highest BCUT2D eigenvalue weighted by atomic mass is 32.2. The van der Waals surface area contributed by atoms with E-state index in [1.165, 1.54) is 11.3 Å². The van der Waals surface area contributed by atoms with Crippen LogP contribution in [0, 0.1) is 6.92 Å². The summed E-state index contributed by atoms with van der Waals surface area (Å²) in [7, 11) is -3.51. The molecule has 0 radical (unpaired) electrons. The zero-order chi connectivity index (χ0) is 15.5. The van der Waals surface area contributed by atoms with Crippen molar-refractivity contribution < 1.29 is 12.9 Å². The summed E-state index contributed by atoms with van der Waals surface area (Å²) in [6, 6.07) is 5.51. The van der Waals surface area contributed by atoms with Crippen LogP contribution in [0.2, 0.25) is 0 Å². The van der Waals surface area contributed by atoms with E-state index >= 15 is 0 Å². The average molecular weight is 329 g/mol. The third-order valence-electron chi connectivity index (χ3n) is 2.70. The predicted octanol–water partition coefficient (Wildman–Crippen LogP) is 2.02. The monoisotopic (exact) mass is 329 g/mol. The van der Waals surface area contributed by atoms with Gasteiger partial charge in [-0.05, 0) is 19.1 Å². The van der Waals surface area contributed by atoms with E-state index in [1.54, 1.807) is 19.1 Å². The lowest BCUT2D eigenvalue weighted by Gasteiger charge is -2.05. The Morgan fingerprint density at radius 3 is 2.71 bits per heavy atom. The fourth-order valence-electron chi connectivity index (χ4n) is 1.64. The standard InChI is InChI=1S/C13H19N3O3S2/c1-9(2)14-8-12-4-5-13(20-12)21(17,18)15-7-11-6-10(3)16-19-11/h4-6,9,14-15H,7-8H2,1-3H3. The smallest absolute Gasteiger partial charge is 0.250 e. The molecule has 2 rings (SSSR count). The number of hydrogen-bond donors (Lipinski definition) is 2. The van der Waals surface area contributed by atoms with Gasteiger partial charge in [0, 0.05) is 23.5 Å². The van der Waals surface area contributed by atoms with Gasteiger partial charge in [-0.2, -0.15) is 0 Å². The molecule has 21 heavy (non-hydrogen) atoms. The van der Waals surface area contributed by atoms with Crippen molar-refractivity contribution in [2.75, 3.05) is 0 Å². The topological polar surface area (TPSA) is 84.2 Å². The molecular weight excluding hydrogens is 310 g/mol. The maximum absolute atomic E-state index is 12.2. The molecule has 0 atom stereocenters. The van der Waals surface area contributed by atoms with E-state index < -0.39 is 10.0 Å². The van der Waals surface area contributed by atoms with Gasteiger partial charge in [-0.1, -0.05) is 19.0 Å². The minimum absolute atomic E-state index is 0.0979. The molecule has 0 fully saturated rings. The Balaban J connectivity index is 1.99. The Bertz CT molecular complexity index is 689. The molecule has 116 valence electrons. The van der Waals surface area contributed by atoms with E-state index in [-0.39, 0.29) is 6.54 Å². The maximum atomic E-state index is 12.2. The molecular formula is C13H19N3O3S2. The number of rotatable bonds is 7. The Kier molecular flexibility index (Phi) is 5.15. The molecule has 0 amide bonds. The van der Waals surface area contributed by atoms with Gasteiger partial charge in [0.05, 0.1) is 12.2 Å². The van der Waals surface area contributed by atoms with Gasteiger partial charge in [0.25, 0.3) is 0 Å². The number of nitrogens with zero attached hydrogens (tertiary/aromatic N) is 1. The molecule has 0 aliphatic carbocycles. The molecule has 2 heterocycles. The Morgan fingerprint density at radius 2 is 2.10 bits per heavy atom. The first-order valence-electron chi connectivity index (χ1n) is 6.61. The second-order valence-corrected chi connectivity index (χ2v) is 8.18. The third-order valence-corrected chi connectivity index (χ3v) is 5.68. The molecule has 8 heteroatoms. The first-order valence-corrected chi connectivity index (χ1v) is 8.91. The number of hydrogen-bond acceptors (Lipinski definition) is 6. The number of thiophene rings is 1. The Morgan fingerprint density at radius 1 is 1.33 bits per heavy atom. The molecule has 0 bridgehead atoms. The van der Waals surface area contributed by atoms with Crippen LogP contribution in [0.3, 0.4) is 0 Å². The van der Waals surface area contributed by atoms with Gasteiger partial charge in [-0.3, -0.25) is 0 Å². The van der Waals surface area contributed by atoms with Crippen LogP contribution in [0.15, 0.2) is 26.9 Å². The molecule has 2 N–H and O–H groups in total. The SMILES string of the molecule is Cc1cc(CNS(=O)(=O)c2ccc(CNC(C)C)s2)on1. The molecule has 0 aromatic carbocycles. The maximum Gasteiger partial charge on any atom is 0.250 e. The van der Waals surface area contributed by atoms with E-state index in [0.29, 0.717) is 22.6 Å². The normalized spacial score (nSPS) is 12.2. The average Bonchev–Trinajstić information content (AvgIpc) is 3.03. The second-order valence-electron chi connectivity index (χ2n) is 5.02. The Hall–Kier alpha value is -1.22. The van der Waals surface area contributed by atoms with Gasteiger partial charge in [-0.25, -0.2) is 13.1 Å². The van der Waals surface area contributed by atoms with Crippen molar-refractivity contribution in [1.29, 1.82) is 0 Å². The van der Waals surface area contributed by atoms with Crippen molar-refractivity contribution in [1.82, 2.24) is 15.2 Å². The first-order chi connectivity index (χ1) is 9.87. The summed E-state index contributed by atoms with van der Waals surface area (Å²) >= 11 is 1.26. The summed E-state index contributed by atoms with van der Waals surface area (Å²) in [6.07, 6.45) is 0. The minimum atomic E-state index is -3.51. The highest BCUT2D eigenvalue weighted by Gasteiger charge is 2.17. The van der Waals surface area contributed by atoms with Crippen molar-refractivity contribution in [3.8, 4) is 0 Å². The van der Waals surface area contributed by atoms with E-state index in [9.17, 15) is 8.42 Å². The van der Waals surface area contributed by atoms with Crippen LogP contribution in [0.4, 0.5) is 0 Å². The fourth-order valence-corrected chi connectivity index (χ4v) is 3.98. The summed E-state index contributed by atoms with van der Waals surface area (Å²) < 4.78 is 32.2. The molecule has 0 saturated heterocycles. The van der Waals surface area contributed by atoms with Gasteiger partial charge >= 0.3 is 0 Å². The molecule has 0 spiro atoms. The Labute approximate surface area is 128 Å². The minimum Gasteiger partial charge on any atom is -0.360 e. The van der Waals surface area contributed by atoms with Crippen LogP contribution >= 0.6 is 11.3 Å². The molecule has 0 saturated carbocycles. The summed E-state index contributed by atoms with van der Waals surface area (Å²) in [5, 5.41) is 6.98. The van der Waals surface area contributed by atoms with Crippen molar-refractivity contribution in [2.24, 2.45) is 0 Å². The van der Waals surface area contributed by atoms with Crippen molar-refractivity contribution in [3.63, 3.8) is 0 Å². The lowest BCUT2D eigenvalue weighted by Crippen LogP contribution is -2.22. The number of aromatic nitrogens is 1. The molecule has 2 aromatic heterocycles. The summed E-state index contributed by atoms with van der Waals surface area (Å²) in [6.45, 7) is 6.65. The van der Waals surface area contributed by atoms with Crippen LogP contribution in [0.5, 0.6) is 0 Å². The van der Waals surface area contributed by atoms with Crippen LogP contribution in [0.1, 0.15) is 30.2 Å². The van der Waals surface area contributed by atoms with Gasteiger partial charge in [0.1, 0.15) is 4.21 Å². The fraction of sp³-hybridized carbons (Fsp3) is 0.462. The van der Waals surface area contributed by atoms with Crippen LogP contribution < -0.4 is 10.0 Å². The zero-order valence-corrected chi connectivity index (χ0v) is 13.8. The van der Waals surface area contributed by atoms with Gasteiger partial charge in [0.2, 0.25) is 10.0 Å². The lowest BCUT2D eigenvalue weighted by molar-refractivity contribution is 0.377. The largest absolute Gasteiger partial charge is 0.360 e. The highest BCUT2D eigenvalue weighted by Crippen LogP contribution is 2.21. The first kappa shape index (κ1) is 16.2. The van der Waals surface area contributed by atoms with E-state index in [0.717, 1.165) is 10.6 Å². The van der Waals surface area contributed by atoms with E-state index in [2.05, 4.69) is 15.2 Å². The van der Waals surface area contributed by atoms with Gasteiger partial charge in [-0.15, -0.1) is 11.3 Å². The second kappa shape index (κ2) is 6.69. The van der Waals surface area contributed by atoms with Crippen molar-refractivity contribution in [2.45, 2.75) is 44.1 Å². The van der Waals surface area contributed by atoms with Gasteiger partial charge < -0.3 is 9.84 Å².